The summed E-state index contributed by atoms with van der Waals surface area (Å²) in [5.41, 5.74) is 0.730. The third-order valence-corrected chi connectivity index (χ3v) is 5.23. The summed E-state index contributed by atoms with van der Waals surface area (Å²) in [7, 11) is 0. The summed E-state index contributed by atoms with van der Waals surface area (Å²) in [6.07, 6.45) is 16.7. The standard InChI is InChI=1S/C24H41NO3/c1-2-3-4-11-14-22(26)15-12-9-7-5-6-8-10-13-16-24(28)25-21-17-19-23(27)20-18-21/h17-20,22,26-27H,2-16H2,1H3,(H,25,28). The van der Waals surface area contributed by atoms with Crippen LogP contribution >= 0.6 is 0 Å². The molecule has 0 aliphatic rings. The molecule has 1 aromatic rings. The van der Waals surface area contributed by atoms with Gasteiger partial charge in [-0.05, 0) is 43.5 Å². The SMILES string of the molecule is CCCCCCC(O)CCCCCCCCCCC(=O)Nc1ccc(O)cc1. The van der Waals surface area contributed by atoms with Crippen molar-refractivity contribution in [3.05, 3.63) is 24.3 Å². The van der Waals surface area contributed by atoms with Gasteiger partial charge in [0.2, 0.25) is 5.91 Å². The summed E-state index contributed by atoms with van der Waals surface area (Å²) in [5, 5.41) is 22.0. The van der Waals surface area contributed by atoms with Crippen molar-refractivity contribution in [1.82, 2.24) is 0 Å². The van der Waals surface area contributed by atoms with Gasteiger partial charge in [-0.15, -0.1) is 0 Å². The van der Waals surface area contributed by atoms with Crippen LogP contribution in [0.3, 0.4) is 0 Å². The molecule has 1 rings (SSSR count). The van der Waals surface area contributed by atoms with Gasteiger partial charge in [0, 0.05) is 12.1 Å². The smallest absolute Gasteiger partial charge is 0.224 e. The molecule has 1 atom stereocenters. The van der Waals surface area contributed by atoms with E-state index in [9.17, 15) is 15.0 Å². The Morgan fingerprint density at radius 3 is 1.89 bits per heavy atom. The van der Waals surface area contributed by atoms with Crippen molar-refractivity contribution >= 4 is 11.6 Å². The van der Waals surface area contributed by atoms with Crippen molar-refractivity contribution in [2.75, 3.05) is 5.32 Å². The van der Waals surface area contributed by atoms with Gasteiger partial charge in [-0.1, -0.05) is 77.6 Å². The number of aliphatic hydroxyl groups is 1. The highest BCUT2D eigenvalue weighted by Gasteiger charge is 2.04. The summed E-state index contributed by atoms with van der Waals surface area (Å²) >= 11 is 0. The molecule has 4 nitrogen and oxygen atoms in total. The molecule has 4 heteroatoms. The number of hydrogen-bond donors (Lipinski definition) is 3. The average Bonchev–Trinajstić information content (AvgIpc) is 2.68. The van der Waals surface area contributed by atoms with Crippen LogP contribution in [0, 0.1) is 0 Å². The zero-order valence-corrected chi connectivity index (χ0v) is 17.8. The molecule has 160 valence electrons. The van der Waals surface area contributed by atoms with Crippen LogP contribution < -0.4 is 5.32 Å². The number of aliphatic hydroxyl groups excluding tert-OH is 1. The summed E-state index contributed by atoms with van der Waals surface area (Å²) in [5.74, 6) is 0.246. The topological polar surface area (TPSA) is 69.6 Å². The Morgan fingerprint density at radius 1 is 0.821 bits per heavy atom. The minimum absolute atomic E-state index is 0.0407. The summed E-state index contributed by atoms with van der Waals surface area (Å²) in [6.45, 7) is 2.22. The predicted octanol–water partition coefficient (Wildman–Crippen LogP) is 6.56. The molecule has 0 bridgehead atoms. The van der Waals surface area contributed by atoms with Gasteiger partial charge in [-0.25, -0.2) is 0 Å². The maximum Gasteiger partial charge on any atom is 0.224 e. The van der Waals surface area contributed by atoms with E-state index in [0.29, 0.717) is 6.42 Å². The molecule has 1 aromatic carbocycles. The number of anilines is 1. The number of nitrogens with one attached hydrogen (secondary N) is 1. The number of carbonyl (C=O) groups excluding carboxylic acids is 1. The number of amides is 1. The van der Waals surface area contributed by atoms with Crippen LogP contribution in [0.5, 0.6) is 5.75 Å². The molecule has 28 heavy (non-hydrogen) atoms. The first kappa shape index (κ1) is 24.5. The van der Waals surface area contributed by atoms with E-state index in [1.165, 1.54) is 57.8 Å². The fourth-order valence-electron chi connectivity index (χ4n) is 3.45. The lowest BCUT2D eigenvalue weighted by Gasteiger charge is -2.10. The molecule has 0 radical (unpaired) electrons. The van der Waals surface area contributed by atoms with Crippen molar-refractivity contribution in [2.24, 2.45) is 0 Å². The Morgan fingerprint density at radius 2 is 1.32 bits per heavy atom. The normalized spacial score (nSPS) is 12.1. The average molecular weight is 392 g/mol. The van der Waals surface area contributed by atoms with Crippen LogP contribution in [-0.4, -0.2) is 22.2 Å². The lowest BCUT2D eigenvalue weighted by atomic mass is 10.0. The van der Waals surface area contributed by atoms with Crippen LogP contribution in [0.2, 0.25) is 0 Å². The Bertz CT molecular complexity index is 501. The van der Waals surface area contributed by atoms with Crippen molar-refractivity contribution in [3.63, 3.8) is 0 Å². The van der Waals surface area contributed by atoms with E-state index in [1.807, 2.05) is 0 Å². The molecule has 1 amide bonds. The van der Waals surface area contributed by atoms with Crippen molar-refractivity contribution in [2.45, 2.75) is 109 Å². The van der Waals surface area contributed by atoms with Crippen LogP contribution in [-0.2, 0) is 4.79 Å². The molecule has 3 N–H and O–H groups in total. The summed E-state index contributed by atoms with van der Waals surface area (Å²) in [4.78, 5) is 11.9. The van der Waals surface area contributed by atoms with E-state index in [-0.39, 0.29) is 17.8 Å². The number of carbonyl (C=O) groups is 1. The third kappa shape index (κ3) is 13.6. The highest BCUT2D eigenvalue weighted by Crippen LogP contribution is 2.16. The molecule has 0 saturated heterocycles. The first-order chi connectivity index (χ1) is 13.6. The Kier molecular flexibility index (Phi) is 14.4. The number of rotatable bonds is 17. The Labute approximate surface area is 171 Å². The molecule has 0 fully saturated rings. The fourth-order valence-corrected chi connectivity index (χ4v) is 3.45. The molecule has 1 unspecified atom stereocenters. The van der Waals surface area contributed by atoms with Gasteiger partial charge >= 0.3 is 0 Å². The lowest BCUT2D eigenvalue weighted by Crippen LogP contribution is -2.10. The maximum atomic E-state index is 11.9. The van der Waals surface area contributed by atoms with E-state index in [1.54, 1.807) is 24.3 Å². The van der Waals surface area contributed by atoms with Gasteiger partial charge in [-0.3, -0.25) is 4.79 Å². The van der Waals surface area contributed by atoms with Gasteiger partial charge in [-0.2, -0.15) is 0 Å². The minimum Gasteiger partial charge on any atom is -0.508 e. The van der Waals surface area contributed by atoms with Crippen molar-refractivity contribution in [1.29, 1.82) is 0 Å². The minimum atomic E-state index is -0.0930. The number of aromatic hydroxyl groups is 1. The highest BCUT2D eigenvalue weighted by atomic mass is 16.3. The molecule has 0 aromatic heterocycles. The van der Waals surface area contributed by atoms with E-state index >= 15 is 0 Å². The fraction of sp³-hybridized carbons (Fsp3) is 0.708. The van der Waals surface area contributed by atoms with E-state index in [4.69, 9.17) is 0 Å². The number of phenolic OH excluding ortho intramolecular Hbond substituents is 1. The number of phenols is 1. The first-order valence-corrected chi connectivity index (χ1v) is 11.4. The third-order valence-electron chi connectivity index (χ3n) is 5.23. The molecular weight excluding hydrogens is 350 g/mol. The molecule has 0 heterocycles. The number of unbranched alkanes of at least 4 members (excludes halogenated alkanes) is 10. The molecule has 0 aliphatic carbocycles. The molecule has 0 aliphatic heterocycles. The zero-order valence-electron chi connectivity index (χ0n) is 17.8. The second-order valence-electron chi connectivity index (χ2n) is 7.97. The van der Waals surface area contributed by atoms with Crippen molar-refractivity contribution < 1.29 is 15.0 Å². The van der Waals surface area contributed by atoms with Crippen LogP contribution in [0.15, 0.2) is 24.3 Å². The Hall–Kier alpha value is -1.55. The van der Waals surface area contributed by atoms with E-state index in [0.717, 1.165) is 37.8 Å². The maximum absolute atomic E-state index is 11.9. The van der Waals surface area contributed by atoms with Gasteiger partial charge < -0.3 is 15.5 Å². The predicted molar refractivity (Wildman–Crippen MR) is 118 cm³/mol. The van der Waals surface area contributed by atoms with Gasteiger partial charge in [0.05, 0.1) is 6.10 Å². The summed E-state index contributed by atoms with van der Waals surface area (Å²) < 4.78 is 0. The second-order valence-corrected chi connectivity index (χ2v) is 7.97. The van der Waals surface area contributed by atoms with Crippen molar-refractivity contribution in [3.8, 4) is 5.75 Å². The zero-order chi connectivity index (χ0) is 20.5. The summed E-state index contributed by atoms with van der Waals surface area (Å²) in [6, 6.07) is 6.56. The van der Waals surface area contributed by atoms with E-state index < -0.39 is 0 Å². The van der Waals surface area contributed by atoms with Crippen LogP contribution in [0.1, 0.15) is 103 Å². The van der Waals surface area contributed by atoms with Crippen LogP contribution in [0.25, 0.3) is 0 Å². The van der Waals surface area contributed by atoms with Gasteiger partial charge in [0.1, 0.15) is 5.75 Å². The van der Waals surface area contributed by atoms with Crippen LogP contribution in [0.4, 0.5) is 5.69 Å². The number of benzene rings is 1. The highest BCUT2D eigenvalue weighted by molar-refractivity contribution is 5.90. The quantitative estimate of drug-likeness (QED) is 0.208. The first-order valence-electron chi connectivity index (χ1n) is 11.4. The molecule has 0 saturated carbocycles. The van der Waals surface area contributed by atoms with Gasteiger partial charge in [0.25, 0.3) is 0 Å². The van der Waals surface area contributed by atoms with E-state index in [2.05, 4.69) is 12.2 Å². The second kappa shape index (κ2) is 16.4. The molecule has 0 spiro atoms. The number of hydrogen-bond acceptors (Lipinski definition) is 3. The molecular formula is C24H41NO3. The van der Waals surface area contributed by atoms with Gasteiger partial charge in [0.15, 0.2) is 0 Å². The largest absolute Gasteiger partial charge is 0.508 e. The monoisotopic (exact) mass is 391 g/mol. The lowest BCUT2D eigenvalue weighted by molar-refractivity contribution is -0.116. The Balaban J connectivity index is 1.86.